The van der Waals surface area contributed by atoms with Crippen molar-refractivity contribution in [1.82, 2.24) is 0 Å². The van der Waals surface area contributed by atoms with Gasteiger partial charge in [0.15, 0.2) is 0 Å². The molecule has 0 N–H and O–H groups in total. The van der Waals surface area contributed by atoms with Crippen LogP contribution in [0.1, 0.15) is 31.2 Å². The highest BCUT2D eigenvalue weighted by atomic mass is 35.5. The third-order valence-corrected chi connectivity index (χ3v) is 3.28. The minimum Gasteiger partial charge on any atom is -0.299 e. The summed E-state index contributed by atoms with van der Waals surface area (Å²) in [6.07, 6.45) is 4.14. The molecule has 0 heterocycles. The Morgan fingerprint density at radius 3 is 2.88 bits per heavy atom. The van der Waals surface area contributed by atoms with E-state index in [0.717, 1.165) is 24.8 Å². The van der Waals surface area contributed by atoms with Crippen LogP contribution in [0.25, 0.3) is 0 Å². The summed E-state index contributed by atoms with van der Waals surface area (Å²) < 4.78 is 12.9. The van der Waals surface area contributed by atoms with Gasteiger partial charge >= 0.3 is 0 Å². The number of carbonyl (C=O) groups excluding carboxylic acids is 1. The van der Waals surface area contributed by atoms with Crippen molar-refractivity contribution in [3.63, 3.8) is 0 Å². The van der Waals surface area contributed by atoms with Gasteiger partial charge in [-0.05, 0) is 49.4 Å². The second-order valence-corrected chi connectivity index (χ2v) is 4.74. The molecule has 0 aromatic heterocycles. The van der Waals surface area contributed by atoms with Crippen LogP contribution in [0, 0.1) is 11.7 Å². The third kappa shape index (κ3) is 3.05. The average molecular weight is 241 g/mol. The number of rotatable bonds is 5. The Bertz CT molecular complexity index is 399. The molecule has 3 heteroatoms. The van der Waals surface area contributed by atoms with Gasteiger partial charge in [0.25, 0.3) is 0 Å². The first-order chi connectivity index (χ1) is 7.66. The van der Waals surface area contributed by atoms with Crippen molar-refractivity contribution in [2.24, 2.45) is 5.92 Å². The third-order valence-electron chi connectivity index (χ3n) is 2.91. The van der Waals surface area contributed by atoms with E-state index in [1.807, 2.05) is 0 Å². The zero-order valence-electron chi connectivity index (χ0n) is 9.01. The van der Waals surface area contributed by atoms with Crippen LogP contribution in [0.4, 0.5) is 4.39 Å². The molecule has 0 radical (unpaired) electrons. The fraction of sp³-hybridized carbons (Fsp3) is 0.462. The Labute approximate surface area is 99.6 Å². The number of Topliss-reactive ketones (excluding diaryl/α,β-unsaturated/α-hetero) is 1. The van der Waals surface area contributed by atoms with Crippen LogP contribution in [0.3, 0.4) is 0 Å². The van der Waals surface area contributed by atoms with E-state index in [4.69, 9.17) is 11.6 Å². The number of halogens is 2. The summed E-state index contributed by atoms with van der Waals surface area (Å²) in [7, 11) is 0. The average Bonchev–Trinajstić information content (AvgIpc) is 3.06. The molecule has 2 rings (SSSR count). The molecule has 0 unspecified atom stereocenters. The maximum Gasteiger partial charge on any atom is 0.135 e. The summed E-state index contributed by atoms with van der Waals surface area (Å²) in [5.74, 6) is 0.406. The Balaban J connectivity index is 1.84. The summed E-state index contributed by atoms with van der Waals surface area (Å²) >= 11 is 5.93. The number of hydrogen-bond acceptors (Lipinski definition) is 1. The second kappa shape index (κ2) is 4.96. The van der Waals surface area contributed by atoms with Gasteiger partial charge in [0, 0.05) is 17.4 Å². The summed E-state index contributed by atoms with van der Waals surface area (Å²) in [5, 5.41) is 0.584. The molecule has 1 fully saturated rings. The van der Waals surface area contributed by atoms with Gasteiger partial charge in [0.2, 0.25) is 0 Å². The van der Waals surface area contributed by atoms with Crippen molar-refractivity contribution in [3.05, 3.63) is 34.6 Å². The first kappa shape index (κ1) is 11.6. The van der Waals surface area contributed by atoms with Crippen LogP contribution in [-0.2, 0) is 11.2 Å². The Morgan fingerprint density at radius 1 is 1.44 bits per heavy atom. The smallest absolute Gasteiger partial charge is 0.135 e. The van der Waals surface area contributed by atoms with Crippen molar-refractivity contribution in [2.75, 3.05) is 0 Å². The van der Waals surface area contributed by atoms with Gasteiger partial charge in [-0.1, -0.05) is 11.6 Å². The van der Waals surface area contributed by atoms with E-state index in [1.165, 1.54) is 12.1 Å². The van der Waals surface area contributed by atoms with E-state index in [9.17, 15) is 9.18 Å². The van der Waals surface area contributed by atoms with Crippen molar-refractivity contribution >= 4 is 17.4 Å². The maximum atomic E-state index is 12.9. The van der Waals surface area contributed by atoms with Gasteiger partial charge in [-0.2, -0.15) is 0 Å². The molecule has 0 amide bonds. The predicted octanol–water partition coefficient (Wildman–Crippen LogP) is 3.78. The number of carbonyl (C=O) groups is 1. The first-order valence-corrected chi connectivity index (χ1v) is 6.01. The van der Waals surface area contributed by atoms with E-state index >= 15 is 0 Å². The second-order valence-electron chi connectivity index (χ2n) is 4.33. The molecule has 1 aliphatic carbocycles. The van der Waals surface area contributed by atoms with Crippen molar-refractivity contribution in [3.8, 4) is 0 Å². The molecule has 1 aromatic rings. The zero-order chi connectivity index (χ0) is 11.5. The van der Waals surface area contributed by atoms with Gasteiger partial charge in [0.05, 0.1) is 0 Å². The lowest BCUT2D eigenvalue weighted by molar-refractivity contribution is -0.120. The molecule has 0 saturated heterocycles. The fourth-order valence-corrected chi connectivity index (χ4v) is 2.01. The van der Waals surface area contributed by atoms with Gasteiger partial charge in [-0.3, -0.25) is 4.79 Å². The minimum atomic E-state index is -0.270. The van der Waals surface area contributed by atoms with Crippen molar-refractivity contribution in [2.45, 2.75) is 32.1 Å². The summed E-state index contributed by atoms with van der Waals surface area (Å²) in [4.78, 5) is 11.4. The first-order valence-electron chi connectivity index (χ1n) is 5.63. The van der Waals surface area contributed by atoms with E-state index < -0.39 is 0 Å². The van der Waals surface area contributed by atoms with Gasteiger partial charge in [-0.25, -0.2) is 4.39 Å². The lowest BCUT2D eigenvalue weighted by Crippen LogP contribution is -2.01. The van der Waals surface area contributed by atoms with Crippen molar-refractivity contribution < 1.29 is 9.18 Å². The summed E-state index contributed by atoms with van der Waals surface area (Å²) in [5.41, 5.74) is 0.797. The number of aryl methyl sites for hydroxylation is 1. The highest BCUT2D eigenvalue weighted by Gasteiger charge is 2.28. The summed E-state index contributed by atoms with van der Waals surface area (Å²) in [6.45, 7) is 0. The van der Waals surface area contributed by atoms with E-state index in [2.05, 4.69) is 0 Å². The number of ketones is 1. The zero-order valence-corrected chi connectivity index (χ0v) is 9.77. The molecule has 0 spiro atoms. The minimum absolute atomic E-state index is 0.270. The topological polar surface area (TPSA) is 17.1 Å². The molecule has 0 atom stereocenters. The van der Waals surface area contributed by atoms with E-state index in [-0.39, 0.29) is 5.82 Å². The molecule has 86 valence electrons. The largest absolute Gasteiger partial charge is 0.299 e. The normalized spacial score (nSPS) is 15.1. The quantitative estimate of drug-likeness (QED) is 0.766. The van der Waals surface area contributed by atoms with Crippen LogP contribution in [0.2, 0.25) is 5.02 Å². The van der Waals surface area contributed by atoms with Crippen molar-refractivity contribution in [1.29, 1.82) is 0 Å². The molecule has 1 saturated carbocycles. The molecule has 16 heavy (non-hydrogen) atoms. The Kier molecular flexibility index (Phi) is 3.59. The van der Waals surface area contributed by atoms with Gasteiger partial charge in [-0.15, -0.1) is 0 Å². The van der Waals surface area contributed by atoms with Crippen LogP contribution in [0.15, 0.2) is 18.2 Å². The predicted molar refractivity (Wildman–Crippen MR) is 62.1 cm³/mol. The molecule has 0 bridgehead atoms. The molecular formula is C13H14ClFO. The Morgan fingerprint density at radius 2 is 2.19 bits per heavy atom. The number of benzene rings is 1. The monoisotopic (exact) mass is 240 g/mol. The molecule has 1 nitrogen and oxygen atoms in total. The SMILES string of the molecule is O=C(CCCc1cc(F)ccc1Cl)C1CC1. The standard InChI is InChI=1S/C13H14ClFO/c14-12-7-6-11(15)8-10(12)2-1-3-13(16)9-4-5-9/h6-9H,1-5H2. The molecule has 1 aromatic carbocycles. The highest BCUT2D eigenvalue weighted by Crippen LogP contribution is 2.31. The highest BCUT2D eigenvalue weighted by molar-refractivity contribution is 6.31. The lowest BCUT2D eigenvalue weighted by atomic mass is 10.0. The van der Waals surface area contributed by atoms with Gasteiger partial charge in [0.1, 0.15) is 11.6 Å². The van der Waals surface area contributed by atoms with Crippen LogP contribution in [0.5, 0.6) is 0 Å². The van der Waals surface area contributed by atoms with E-state index in [0.29, 0.717) is 29.6 Å². The number of hydrogen-bond donors (Lipinski definition) is 0. The van der Waals surface area contributed by atoms with Crippen LogP contribution in [-0.4, -0.2) is 5.78 Å². The van der Waals surface area contributed by atoms with Gasteiger partial charge < -0.3 is 0 Å². The molecular weight excluding hydrogens is 227 g/mol. The lowest BCUT2D eigenvalue weighted by Gasteiger charge is -2.03. The van der Waals surface area contributed by atoms with Crippen LogP contribution >= 0.6 is 11.6 Å². The maximum absolute atomic E-state index is 12.9. The molecule has 0 aliphatic heterocycles. The fourth-order valence-electron chi connectivity index (χ4n) is 1.80. The summed E-state index contributed by atoms with van der Waals surface area (Å²) in [6, 6.07) is 4.36. The molecule has 1 aliphatic rings. The van der Waals surface area contributed by atoms with E-state index in [1.54, 1.807) is 6.07 Å². The Hall–Kier alpha value is -0.890. The van der Waals surface area contributed by atoms with Crippen LogP contribution < -0.4 is 0 Å².